The first-order valence-electron chi connectivity index (χ1n) is 10.3. The van der Waals surface area contributed by atoms with Gasteiger partial charge in [0, 0.05) is 57.3 Å². The van der Waals surface area contributed by atoms with E-state index in [-0.39, 0.29) is 0 Å². The molecule has 0 aromatic carbocycles. The first-order chi connectivity index (χ1) is 12.8. The minimum atomic E-state index is 0.479. The Bertz CT molecular complexity index is 536. The fourth-order valence-corrected chi connectivity index (χ4v) is 6.10. The van der Waals surface area contributed by atoms with Crippen LogP contribution < -0.4 is 0 Å². The molecule has 4 rings (SSSR count). The van der Waals surface area contributed by atoms with E-state index in [0.29, 0.717) is 11.3 Å². The van der Waals surface area contributed by atoms with Gasteiger partial charge in [0.15, 0.2) is 0 Å². The van der Waals surface area contributed by atoms with Crippen molar-refractivity contribution in [3.63, 3.8) is 0 Å². The molecule has 1 aromatic heterocycles. The maximum Gasteiger partial charge on any atom is 0.0508 e. The van der Waals surface area contributed by atoms with Gasteiger partial charge in [-0.25, -0.2) is 0 Å². The van der Waals surface area contributed by atoms with Crippen molar-refractivity contribution >= 4 is 11.3 Å². The van der Waals surface area contributed by atoms with E-state index in [1.165, 1.54) is 63.3 Å². The molecule has 0 bridgehead atoms. The normalized spacial score (nSPS) is 28.1. The van der Waals surface area contributed by atoms with E-state index in [1.54, 1.807) is 0 Å². The zero-order valence-electron chi connectivity index (χ0n) is 16.2. The summed E-state index contributed by atoms with van der Waals surface area (Å²) in [4.78, 5) is 6.92. The topological polar surface area (TPSA) is 24.9 Å². The Morgan fingerprint density at radius 1 is 1.23 bits per heavy atom. The summed E-state index contributed by atoms with van der Waals surface area (Å²) >= 11 is 1.89. The molecule has 3 aliphatic rings. The number of hydrogen-bond donors (Lipinski definition) is 0. The lowest BCUT2D eigenvalue weighted by molar-refractivity contribution is 0.0338. The summed E-state index contributed by atoms with van der Waals surface area (Å²) in [7, 11) is 1.88. The van der Waals surface area contributed by atoms with Crippen LogP contribution in [-0.2, 0) is 16.0 Å². The summed E-state index contributed by atoms with van der Waals surface area (Å²) in [6, 6.07) is 4.44. The minimum Gasteiger partial charge on any atom is -0.384 e. The Balaban J connectivity index is 1.34. The van der Waals surface area contributed by atoms with Crippen LogP contribution in [0.5, 0.6) is 0 Å². The summed E-state index contributed by atoms with van der Waals surface area (Å²) < 4.78 is 11.2. The molecule has 26 heavy (non-hydrogen) atoms. The summed E-state index contributed by atoms with van der Waals surface area (Å²) in [5, 5.41) is 2.19. The average molecular weight is 379 g/mol. The SMILES string of the molecule is COCC1CN(CC2CCOCC2)CC12CCN(Cc1cccs1)CC2. The molecular weight excluding hydrogens is 344 g/mol. The fraction of sp³-hybridized carbons (Fsp3) is 0.810. The van der Waals surface area contributed by atoms with Gasteiger partial charge in [0.25, 0.3) is 0 Å². The summed E-state index contributed by atoms with van der Waals surface area (Å²) in [5.41, 5.74) is 0.479. The lowest BCUT2D eigenvalue weighted by atomic mass is 9.71. The lowest BCUT2D eigenvalue weighted by Gasteiger charge is -2.42. The van der Waals surface area contributed by atoms with Crippen molar-refractivity contribution in [3.8, 4) is 0 Å². The molecule has 0 N–H and O–H groups in total. The molecule has 4 heterocycles. The monoisotopic (exact) mass is 378 g/mol. The number of methoxy groups -OCH3 is 1. The van der Waals surface area contributed by atoms with Crippen molar-refractivity contribution in [2.75, 3.05) is 59.7 Å². The van der Waals surface area contributed by atoms with Gasteiger partial charge >= 0.3 is 0 Å². The molecule has 0 radical (unpaired) electrons. The van der Waals surface area contributed by atoms with E-state index >= 15 is 0 Å². The quantitative estimate of drug-likeness (QED) is 0.758. The van der Waals surface area contributed by atoms with Crippen LogP contribution in [0.4, 0.5) is 0 Å². The van der Waals surface area contributed by atoms with Gasteiger partial charge in [0.1, 0.15) is 0 Å². The molecule has 3 aliphatic heterocycles. The predicted molar refractivity (Wildman–Crippen MR) is 107 cm³/mol. The van der Waals surface area contributed by atoms with Crippen LogP contribution in [0.15, 0.2) is 17.5 Å². The number of likely N-dealkylation sites (tertiary alicyclic amines) is 2. The largest absolute Gasteiger partial charge is 0.384 e. The van der Waals surface area contributed by atoms with Gasteiger partial charge in [-0.1, -0.05) is 6.07 Å². The van der Waals surface area contributed by atoms with Crippen LogP contribution in [0.3, 0.4) is 0 Å². The van der Waals surface area contributed by atoms with Gasteiger partial charge in [-0.15, -0.1) is 11.3 Å². The van der Waals surface area contributed by atoms with Crippen molar-refractivity contribution in [1.29, 1.82) is 0 Å². The second kappa shape index (κ2) is 8.70. The number of ether oxygens (including phenoxy) is 2. The van der Waals surface area contributed by atoms with Gasteiger partial charge in [-0.2, -0.15) is 0 Å². The van der Waals surface area contributed by atoms with Crippen molar-refractivity contribution in [3.05, 3.63) is 22.4 Å². The zero-order chi connectivity index (χ0) is 17.8. The Labute approximate surface area is 162 Å². The zero-order valence-corrected chi connectivity index (χ0v) is 17.0. The summed E-state index contributed by atoms with van der Waals surface area (Å²) in [6.45, 7) is 10.2. The molecule has 5 heteroatoms. The second-order valence-electron chi connectivity index (χ2n) is 8.62. The molecule has 0 aliphatic carbocycles. The van der Waals surface area contributed by atoms with Gasteiger partial charge in [0.05, 0.1) is 6.61 Å². The van der Waals surface area contributed by atoms with Crippen LogP contribution in [0.2, 0.25) is 0 Å². The van der Waals surface area contributed by atoms with E-state index in [2.05, 4.69) is 27.3 Å². The maximum absolute atomic E-state index is 5.65. The molecular formula is C21H34N2O2S. The third-order valence-corrected chi connectivity index (χ3v) is 7.78. The number of piperidine rings is 1. The highest BCUT2D eigenvalue weighted by Crippen LogP contribution is 2.45. The highest BCUT2D eigenvalue weighted by atomic mass is 32.1. The van der Waals surface area contributed by atoms with Gasteiger partial charge < -0.3 is 14.4 Å². The van der Waals surface area contributed by atoms with Crippen molar-refractivity contribution in [2.24, 2.45) is 17.3 Å². The molecule has 1 atom stereocenters. The predicted octanol–water partition coefficient (Wildman–Crippen LogP) is 3.34. The third-order valence-electron chi connectivity index (χ3n) is 6.92. The molecule has 3 fully saturated rings. The highest BCUT2D eigenvalue weighted by Gasteiger charge is 2.48. The van der Waals surface area contributed by atoms with Crippen LogP contribution in [-0.4, -0.2) is 69.5 Å². The smallest absolute Gasteiger partial charge is 0.0508 e. The van der Waals surface area contributed by atoms with E-state index in [9.17, 15) is 0 Å². The third kappa shape index (κ3) is 4.33. The van der Waals surface area contributed by atoms with E-state index < -0.39 is 0 Å². The number of nitrogens with zero attached hydrogens (tertiary/aromatic N) is 2. The summed E-state index contributed by atoms with van der Waals surface area (Å²) in [5.74, 6) is 1.54. The molecule has 0 saturated carbocycles. The average Bonchev–Trinajstić information content (AvgIpc) is 3.27. The van der Waals surface area contributed by atoms with Crippen LogP contribution in [0.1, 0.15) is 30.6 Å². The minimum absolute atomic E-state index is 0.479. The van der Waals surface area contributed by atoms with Crippen molar-refractivity contribution < 1.29 is 9.47 Å². The second-order valence-corrected chi connectivity index (χ2v) is 9.65. The molecule has 1 spiro atoms. The molecule has 4 nitrogen and oxygen atoms in total. The molecule has 1 unspecified atom stereocenters. The van der Waals surface area contributed by atoms with Crippen LogP contribution >= 0.6 is 11.3 Å². The van der Waals surface area contributed by atoms with Crippen molar-refractivity contribution in [1.82, 2.24) is 9.80 Å². The Morgan fingerprint density at radius 2 is 2.04 bits per heavy atom. The molecule has 0 amide bonds. The van der Waals surface area contributed by atoms with Crippen molar-refractivity contribution in [2.45, 2.75) is 32.2 Å². The molecule has 3 saturated heterocycles. The Hall–Kier alpha value is -0.460. The van der Waals surface area contributed by atoms with Gasteiger partial charge in [-0.3, -0.25) is 4.90 Å². The van der Waals surface area contributed by atoms with E-state index in [1.807, 2.05) is 18.4 Å². The Morgan fingerprint density at radius 3 is 2.73 bits per heavy atom. The summed E-state index contributed by atoms with van der Waals surface area (Å²) in [6.07, 6.45) is 5.15. The fourth-order valence-electron chi connectivity index (χ4n) is 5.35. The number of rotatable bonds is 6. The molecule has 146 valence electrons. The van der Waals surface area contributed by atoms with Gasteiger partial charge in [0.2, 0.25) is 0 Å². The van der Waals surface area contributed by atoms with Crippen LogP contribution in [0, 0.1) is 17.3 Å². The Kier molecular flexibility index (Phi) is 6.32. The standard InChI is InChI=1S/C21H34N2O2S/c1-24-16-19-14-23(13-18-4-10-25-11-5-18)17-21(19)6-8-22(9-7-21)15-20-3-2-12-26-20/h2-3,12,18-19H,4-11,13-17H2,1H3. The maximum atomic E-state index is 5.65. The first kappa shape index (κ1) is 18.9. The van der Waals surface area contributed by atoms with Gasteiger partial charge in [-0.05, 0) is 61.6 Å². The molecule has 1 aromatic rings. The number of thiophene rings is 1. The lowest BCUT2D eigenvalue weighted by Crippen LogP contribution is -2.45. The highest BCUT2D eigenvalue weighted by molar-refractivity contribution is 7.09. The first-order valence-corrected chi connectivity index (χ1v) is 11.2. The van der Waals surface area contributed by atoms with E-state index in [0.717, 1.165) is 32.3 Å². The van der Waals surface area contributed by atoms with Crippen LogP contribution in [0.25, 0.3) is 0 Å². The van der Waals surface area contributed by atoms with E-state index in [4.69, 9.17) is 9.47 Å². The number of hydrogen-bond acceptors (Lipinski definition) is 5.